The number of allylic oxidation sites excluding steroid dienone is 1. The molecule has 3 N–H and O–H groups in total. The highest BCUT2D eigenvalue weighted by Gasteiger charge is 2.22. The summed E-state index contributed by atoms with van der Waals surface area (Å²) in [6.07, 6.45) is 5.80. The zero-order valence-electron chi connectivity index (χ0n) is 19.2. The molecule has 1 aliphatic heterocycles. The number of benzene rings is 1. The fourth-order valence-electron chi connectivity index (χ4n) is 4.21. The van der Waals surface area contributed by atoms with Gasteiger partial charge in [0, 0.05) is 36.8 Å². The monoisotopic (exact) mass is 457 g/mol. The van der Waals surface area contributed by atoms with Crippen molar-refractivity contribution in [1.82, 2.24) is 29.6 Å². The average Bonchev–Trinajstić information content (AvgIpc) is 3.10. The molecule has 0 amide bonds. The minimum Gasteiger partial charge on any atom is -0.382 e. The average molecular weight is 458 g/mol. The number of rotatable bonds is 6. The Balaban J connectivity index is 1.62. The maximum Gasteiger partial charge on any atom is 0.276 e. The van der Waals surface area contributed by atoms with Crippen LogP contribution in [0.25, 0.3) is 16.7 Å². The van der Waals surface area contributed by atoms with Gasteiger partial charge in [-0.1, -0.05) is 12.1 Å². The third-order valence-electron chi connectivity index (χ3n) is 5.89. The van der Waals surface area contributed by atoms with Crippen LogP contribution < -0.4 is 16.2 Å². The minimum atomic E-state index is -1.22. The predicted molar refractivity (Wildman–Crippen MR) is 131 cm³/mol. The molecule has 34 heavy (non-hydrogen) atoms. The molecule has 0 saturated carbocycles. The van der Waals surface area contributed by atoms with Crippen LogP contribution in [0.4, 0.5) is 11.5 Å². The summed E-state index contributed by atoms with van der Waals surface area (Å²) in [5.41, 5.74) is 2.79. The van der Waals surface area contributed by atoms with Gasteiger partial charge in [0.05, 0.1) is 17.4 Å². The second kappa shape index (κ2) is 8.51. The molecule has 1 aromatic carbocycles. The maximum atomic E-state index is 13.2. The zero-order valence-corrected chi connectivity index (χ0v) is 19.2. The van der Waals surface area contributed by atoms with Crippen LogP contribution in [-0.2, 0) is 25.1 Å². The first-order valence-electron chi connectivity index (χ1n) is 11.2. The Morgan fingerprint density at radius 2 is 2.09 bits per heavy atom. The van der Waals surface area contributed by atoms with Gasteiger partial charge in [-0.05, 0) is 50.1 Å². The summed E-state index contributed by atoms with van der Waals surface area (Å²) in [6, 6.07) is 9.85. The number of fused-ring (bicyclic) bond motifs is 2. The molecule has 0 spiro atoms. The number of nitrogens with zero attached hydrogens (tertiary/aromatic N) is 5. The van der Waals surface area contributed by atoms with E-state index < -0.39 is 5.60 Å². The van der Waals surface area contributed by atoms with E-state index in [2.05, 4.69) is 44.3 Å². The summed E-state index contributed by atoms with van der Waals surface area (Å²) in [5.74, 6) is 1.35. The molecule has 0 unspecified atom stereocenters. The molecule has 9 heteroatoms. The largest absolute Gasteiger partial charge is 0.382 e. The van der Waals surface area contributed by atoms with Gasteiger partial charge >= 0.3 is 0 Å². The third kappa shape index (κ3) is 4.00. The van der Waals surface area contributed by atoms with Crippen LogP contribution in [-0.4, -0.2) is 36.0 Å². The molecule has 5 rings (SSSR count). The number of aromatic nitrogens is 5. The lowest BCUT2D eigenvalue weighted by atomic mass is 10.0. The molecule has 0 atom stereocenters. The fourth-order valence-corrected chi connectivity index (χ4v) is 4.21. The van der Waals surface area contributed by atoms with Crippen molar-refractivity contribution in [3.05, 3.63) is 82.7 Å². The first-order chi connectivity index (χ1) is 16.3. The number of anilines is 2. The second-order valence-corrected chi connectivity index (χ2v) is 8.91. The Bertz CT molecular complexity index is 1450. The molecule has 0 radical (unpaired) electrons. The van der Waals surface area contributed by atoms with E-state index in [0.29, 0.717) is 22.5 Å². The normalized spacial score (nSPS) is 13.6. The molecule has 4 heterocycles. The highest BCUT2D eigenvalue weighted by molar-refractivity contribution is 5.82. The maximum absolute atomic E-state index is 13.2. The van der Waals surface area contributed by atoms with Crippen molar-refractivity contribution in [2.45, 2.75) is 39.0 Å². The van der Waals surface area contributed by atoms with Gasteiger partial charge in [-0.3, -0.25) is 4.79 Å². The summed E-state index contributed by atoms with van der Waals surface area (Å²) in [7, 11) is 0. The van der Waals surface area contributed by atoms with Gasteiger partial charge in [0.1, 0.15) is 11.4 Å². The number of pyridine rings is 1. The van der Waals surface area contributed by atoms with Crippen LogP contribution in [0.15, 0.2) is 60.2 Å². The van der Waals surface area contributed by atoms with E-state index in [1.54, 1.807) is 47.7 Å². The Hall–Kier alpha value is -3.82. The molecular formula is C25H27N7O2. The molecule has 174 valence electrons. The first kappa shape index (κ1) is 22.0. The molecular weight excluding hydrogens is 430 g/mol. The van der Waals surface area contributed by atoms with Crippen molar-refractivity contribution in [1.29, 1.82) is 0 Å². The number of hydrogen-bond donors (Lipinski definition) is 3. The van der Waals surface area contributed by atoms with Crippen molar-refractivity contribution in [2.75, 3.05) is 11.9 Å². The van der Waals surface area contributed by atoms with Gasteiger partial charge in [-0.2, -0.15) is 0 Å². The van der Waals surface area contributed by atoms with Crippen LogP contribution in [0, 0.1) is 0 Å². The quantitative estimate of drug-likeness (QED) is 0.382. The highest BCUT2D eigenvalue weighted by Crippen LogP contribution is 2.25. The lowest BCUT2D eigenvalue weighted by Gasteiger charge is -2.18. The molecule has 0 fully saturated rings. The Labute approximate surface area is 196 Å². The second-order valence-electron chi connectivity index (χ2n) is 8.91. The standard InChI is InChI=1S/C25H27N7O2/c1-4-11-31-23(33)19-15-28-21(29-18-6-5-17-14-26-9-7-16(17)12-18)13-20(19)32(31)22-8-10-27-24(30-22)25(2,3)34/h4-6,8,10,12-13,15,26,34H,1,7,9,11,14H2,2-3H3,(H,28,29). The van der Waals surface area contributed by atoms with Crippen molar-refractivity contribution < 1.29 is 5.11 Å². The number of hydrogen-bond acceptors (Lipinski definition) is 7. The minimum absolute atomic E-state index is 0.196. The lowest BCUT2D eigenvalue weighted by Crippen LogP contribution is -2.24. The topological polar surface area (TPSA) is 110 Å². The van der Waals surface area contributed by atoms with E-state index in [1.807, 2.05) is 12.1 Å². The van der Waals surface area contributed by atoms with Gasteiger partial charge in [0.25, 0.3) is 5.56 Å². The molecule has 0 saturated heterocycles. The summed E-state index contributed by atoms with van der Waals surface area (Å²) >= 11 is 0. The fraction of sp³-hybridized carbons (Fsp3) is 0.280. The van der Waals surface area contributed by atoms with Crippen LogP contribution in [0.1, 0.15) is 30.8 Å². The summed E-state index contributed by atoms with van der Waals surface area (Å²) in [5, 5.41) is 17.6. The van der Waals surface area contributed by atoms with Gasteiger partial charge in [-0.25, -0.2) is 24.3 Å². The molecule has 4 aromatic rings. The highest BCUT2D eigenvalue weighted by atomic mass is 16.3. The van der Waals surface area contributed by atoms with Crippen molar-refractivity contribution in [3.8, 4) is 5.82 Å². The van der Waals surface area contributed by atoms with E-state index in [4.69, 9.17) is 0 Å². The first-order valence-corrected chi connectivity index (χ1v) is 11.2. The van der Waals surface area contributed by atoms with E-state index in [9.17, 15) is 9.90 Å². The van der Waals surface area contributed by atoms with Crippen molar-refractivity contribution in [2.24, 2.45) is 0 Å². The molecule has 0 bridgehead atoms. The van der Waals surface area contributed by atoms with E-state index in [0.717, 1.165) is 25.2 Å². The van der Waals surface area contributed by atoms with Crippen molar-refractivity contribution >= 4 is 22.4 Å². The smallest absolute Gasteiger partial charge is 0.276 e. The van der Waals surface area contributed by atoms with Crippen LogP contribution in [0.3, 0.4) is 0 Å². The predicted octanol–water partition coefficient (Wildman–Crippen LogP) is 2.78. The van der Waals surface area contributed by atoms with E-state index in [1.165, 1.54) is 11.1 Å². The summed E-state index contributed by atoms with van der Waals surface area (Å²) < 4.78 is 3.27. The Kier molecular flexibility index (Phi) is 5.51. The van der Waals surface area contributed by atoms with Crippen molar-refractivity contribution in [3.63, 3.8) is 0 Å². The summed E-state index contributed by atoms with van der Waals surface area (Å²) in [4.78, 5) is 26.4. The van der Waals surface area contributed by atoms with Gasteiger partial charge in [0.15, 0.2) is 11.6 Å². The molecule has 0 aliphatic carbocycles. The van der Waals surface area contributed by atoms with E-state index in [-0.39, 0.29) is 17.9 Å². The number of aliphatic hydroxyl groups is 1. The van der Waals surface area contributed by atoms with E-state index >= 15 is 0 Å². The molecule has 9 nitrogen and oxygen atoms in total. The Morgan fingerprint density at radius 1 is 1.24 bits per heavy atom. The number of nitrogens with one attached hydrogen (secondary N) is 2. The van der Waals surface area contributed by atoms with Crippen LogP contribution in [0.2, 0.25) is 0 Å². The Morgan fingerprint density at radius 3 is 2.88 bits per heavy atom. The molecule has 3 aromatic heterocycles. The zero-order chi connectivity index (χ0) is 23.9. The summed E-state index contributed by atoms with van der Waals surface area (Å²) in [6.45, 7) is 9.17. The lowest BCUT2D eigenvalue weighted by molar-refractivity contribution is 0.0686. The van der Waals surface area contributed by atoms with Gasteiger partial charge in [-0.15, -0.1) is 6.58 Å². The third-order valence-corrected chi connectivity index (χ3v) is 5.89. The van der Waals surface area contributed by atoms with Gasteiger partial charge in [0.2, 0.25) is 0 Å². The van der Waals surface area contributed by atoms with Crippen LogP contribution >= 0.6 is 0 Å². The molecule has 1 aliphatic rings. The van der Waals surface area contributed by atoms with Crippen LogP contribution in [0.5, 0.6) is 0 Å². The SMILES string of the molecule is C=CCn1c(=O)c2cnc(Nc3ccc4c(c3)CCNC4)cc2n1-c1ccnc(C(C)(C)O)n1. The van der Waals surface area contributed by atoms with Gasteiger partial charge < -0.3 is 15.7 Å².